The van der Waals surface area contributed by atoms with E-state index in [1.165, 1.54) is 42.5 Å². The lowest BCUT2D eigenvalue weighted by Gasteiger charge is -2.09. The van der Waals surface area contributed by atoms with Gasteiger partial charge in [-0.15, -0.1) is 5.10 Å². The van der Waals surface area contributed by atoms with Crippen molar-refractivity contribution in [3.05, 3.63) is 76.3 Å². The summed E-state index contributed by atoms with van der Waals surface area (Å²) in [4.78, 5) is 11.8. The summed E-state index contributed by atoms with van der Waals surface area (Å²) in [5, 5.41) is 14.0. The molecule has 1 N–H and O–H groups in total. The summed E-state index contributed by atoms with van der Waals surface area (Å²) < 4.78 is 32.0. The first-order chi connectivity index (χ1) is 11.0. The third-order valence-electron chi connectivity index (χ3n) is 3.28. The van der Waals surface area contributed by atoms with Gasteiger partial charge in [-0.2, -0.15) is 4.68 Å². The van der Waals surface area contributed by atoms with E-state index in [9.17, 15) is 18.7 Å². The molecule has 0 aliphatic carbocycles. The lowest BCUT2D eigenvalue weighted by molar-refractivity contribution is 0.148. The summed E-state index contributed by atoms with van der Waals surface area (Å²) in [6.07, 6.45) is -1.12. The van der Waals surface area contributed by atoms with E-state index >= 15 is 0 Å². The van der Waals surface area contributed by atoms with Crippen molar-refractivity contribution >= 4 is 0 Å². The summed E-state index contributed by atoms with van der Waals surface area (Å²) >= 11 is 0. The molecule has 0 saturated heterocycles. The lowest BCUT2D eigenvalue weighted by Crippen LogP contribution is -2.20. The lowest BCUT2D eigenvalue weighted by atomic mass is 10.1. The smallest absolute Gasteiger partial charge is 0.388 e. The molecule has 1 aromatic heterocycles. The van der Waals surface area contributed by atoms with Gasteiger partial charge in [-0.25, -0.2) is 13.6 Å². The van der Waals surface area contributed by atoms with Crippen molar-refractivity contribution in [2.45, 2.75) is 12.6 Å². The van der Waals surface area contributed by atoms with Crippen LogP contribution in [0.2, 0.25) is 0 Å². The van der Waals surface area contributed by atoms with Gasteiger partial charge in [-0.05, 0) is 42.0 Å². The Kier molecular flexibility index (Phi) is 4.03. The van der Waals surface area contributed by atoms with E-state index in [0.717, 1.165) is 4.68 Å². The van der Waals surface area contributed by atoms with Gasteiger partial charge in [0.1, 0.15) is 11.6 Å². The molecule has 2 aromatic carbocycles. The van der Waals surface area contributed by atoms with Gasteiger partial charge >= 0.3 is 5.76 Å². The monoisotopic (exact) mass is 318 g/mol. The van der Waals surface area contributed by atoms with Crippen molar-refractivity contribution in [2.75, 3.05) is 0 Å². The molecule has 7 heteroatoms. The van der Waals surface area contributed by atoms with Crippen LogP contribution in [-0.2, 0) is 6.54 Å². The van der Waals surface area contributed by atoms with Gasteiger partial charge in [0.25, 0.3) is 0 Å². The number of aromatic nitrogens is 2. The minimum Gasteiger partial charge on any atom is -0.388 e. The number of benzene rings is 2. The molecular weight excluding hydrogens is 306 g/mol. The molecule has 118 valence electrons. The molecule has 1 atom stereocenters. The van der Waals surface area contributed by atoms with Gasteiger partial charge in [0.05, 0.1) is 12.6 Å². The molecule has 0 bridgehead atoms. The van der Waals surface area contributed by atoms with Crippen LogP contribution in [-0.4, -0.2) is 14.9 Å². The van der Waals surface area contributed by atoms with Gasteiger partial charge in [0.15, 0.2) is 0 Å². The largest absolute Gasteiger partial charge is 0.437 e. The van der Waals surface area contributed by atoms with Crippen molar-refractivity contribution in [3.63, 3.8) is 0 Å². The summed E-state index contributed by atoms with van der Waals surface area (Å²) in [7, 11) is 0. The van der Waals surface area contributed by atoms with Crippen LogP contribution in [0.3, 0.4) is 0 Å². The van der Waals surface area contributed by atoms with Crippen LogP contribution in [0.15, 0.2) is 57.7 Å². The maximum Gasteiger partial charge on any atom is 0.437 e. The number of aliphatic hydroxyl groups is 1. The van der Waals surface area contributed by atoms with Gasteiger partial charge < -0.3 is 9.52 Å². The Labute approximate surface area is 129 Å². The van der Waals surface area contributed by atoms with E-state index in [1.54, 1.807) is 6.07 Å². The van der Waals surface area contributed by atoms with Gasteiger partial charge in [-0.1, -0.05) is 12.1 Å². The van der Waals surface area contributed by atoms with E-state index < -0.39 is 23.5 Å². The molecule has 1 heterocycles. The molecule has 3 rings (SSSR count). The molecule has 5 nitrogen and oxygen atoms in total. The van der Waals surface area contributed by atoms with Crippen LogP contribution in [0, 0.1) is 11.6 Å². The van der Waals surface area contributed by atoms with Crippen molar-refractivity contribution in [3.8, 4) is 11.5 Å². The topological polar surface area (TPSA) is 68.3 Å². The van der Waals surface area contributed by atoms with E-state index in [1.807, 2.05) is 0 Å². The van der Waals surface area contributed by atoms with E-state index in [4.69, 9.17) is 4.42 Å². The predicted molar refractivity (Wildman–Crippen MR) is 77.5 cm³/mol. The quantitative estimate of drug-likeness (QED) is 0.802. The van der Waals surface area contributed by atoms with Crippen molar-refractivity contribution < 1.29 is 18.3 Å². The second kappa shape index (κ2) is 6.13. The highest BCUT2D eigenvalue weighted by molar-refractivity contribution is 5.51. The first-order valence-corrected chi connectivity index (χ1v) is 6.80. The molecule has 0 spiro atoms. The highest BCUT2D eigenvalue weighted by Gasteiger charge is 2.15. The number of rotatable bonds is 4. The fourth-order valence-electron chi connectivity index (χ4n) is 2.11. The first kappa shape index (κ1) is 15.1. The molecule has 0 fully saturated rings. The SMILES string of the molecule is O=c1oc(-c2ccc(F)cc2)nn1CC(O)c1cccc(F)c1. The second-order valence-electron chi connectivity index (χ2n) is 4.93. The standard InChI is InChI=1S/C16H12F2N2O3/c17-12-6-4-10(5-7-12)15-19-20(16(22)23-15)9-14(21)11-2-1-3-13(18)8-11/h1-8,14,21H,9H2. The summed E-state index contributed by atoms with van der Waals surface area (Å²) in [6.45, 7) is -0.188. The van der Waals surface area contributed by atoms with Gasteiger partial charge in [-0.3, -0.25) is 0 Å². The van der Waals surface area contributed by atoms with Gasteiger partial charge in [0, 0.05) is 5.56 Å². The summed E-state index contributed by atoms with van der Waals surface area (Å²) in [5.74, 6) is -1.65. The fourth-order valence-corrected chi connectivity index (χ4v) is 2.11. The van der Waals surface area contributed by atoms with Crippen molar-refractivity contribution in [1.29, 1.82) is 0 Å². The number of aliphatic hydroxyl groups excluding tert-OH is 1. The Morgan fingerprint density at radius 1 is 1.13 bits per heavy atom. The summed E-state index contributed by atoms with van der Waals surface area (Å²) in [6, 6.07) is 10.7. The molecular formula is C16H12F2N2O3. The highest BCUT2D eigenvalue weighted by atomic mass is 19.1. The van der Waals surface area contributed by atoms with Crippen LogP contribution in [0.1, 0.15) is 11.7 Å². The minimum atomic E-state index is -1.12. The average Bonchev–Trinajstić information content (AvgIpc) is 2.89. The summed E-state index contributed by atoms with van der Waals surface area (Å²) in [5.41, 5.74) is 0.755. The number of hydrogen-bond acceptors (Lipinski definition) is 4. The van der Waals surface area contributed by atoms with Crippen LogP contribution in [0.25, 0.3) is 11.5 Å². The van der Waals surface area contributed by atoms with Crippen LogP contribution >= 0.6 is 0 Å². The Hall–Kier alpha value is -2.80. The molecule has 0 saturated carbocycles. The molecule has 0 aliphatic rings. The van der Waals surface area contributed by atoms with E-state index in [2.05, 4.69) is 5.10 Å². The zero-order valence-corrected chi connectivity index (χ0v) is 11.8. The molecule has 3 aromatic rings. The Morgan fingerprint density at radius 3 is 2.57 bits per heavy atom. The zero-order valence-electron chi connectivity index (χ0n) is 11.8. The van der Waals surface area contributed by atoms with Crippen molar-refractivity contribution in [1.82, 2.24) is 9.78 Å². The normalized spacial score (nSPS) is 12.3. The zero-order chi connectivity index (χ0) is 16.4. The van der Waals surface area contributed by atoms with Crippen molar-refractivity contribution in [2.24, 2.45) is 0 Å². The Bertz CT molecular complexity index is 872. The number of halogens is 2. The molecule has 0 radical (unpaired) electrons. The van der Waals surface area contributed by atoms with Crippen LogP contribution in [0.5, 0.6) is 0 Å². The molecule has 1 unspecified atom stereocenters. The minimum absolute atomic E-state index is 0.0152. The average molecular weight is 318 g/mol. The number of nitrogens with zero attached hydrogens (tertiary/aromatic N) is 2. The van der Waals surface area contributed by atoms with Gasteiger partial charge in [0.2, 0.25) is 5.89 Å². The molecule has 23 heavy (non-hydrogen) atoms. The maximum atomic E-state index is 13.2. The third kappa shape index (κ3) is 3.35. The van der Waals surface area contributed by atoms with Crippen LogP contribution in [0.4, 0.5) is 8.78 Å². The number of hydrogen-bond donors (Lipinski definition) is 1. The Balaban J connectivity index is 1.84. The second-order valence-corrected chi connectivity index (χ2v) is 4.93. The van der Waals surface area contributed by atoms with E-state index in [0.29, 0.717) is 11.1 Å². The Morgan fingerprint density at radius 2 is 1.87 bits per heavy atom. The third-order valence-corrected chi connectivity index (χ3v) is 3.28. The highest BCUT2D eigenvalue weighted by Crippen LogP contribution is 2.18. The fraction of sp³-hybridized carbons (Fsp3) is 0.125. The first-order valence-electron chi connectivity index (χ1n) is 6.80. The molecule has 0 amide bonds. The molecule has 0 aliphatic heterocycles. The van der Waals surface area contributed by atoms with Crippen LogP contribution < -0.4 is 5.76 Å². The maximum absolute atomic E-state index is 13.2. The predicted octanol–water partition coefficient (Wildman–Crippen LogP) is 2.52. The van der Waals surface area contributed by atoms with E-state index in [-0.39, 0.29) is 12.4 Å².